The summed E-state index contributed by atoms with van der Waals surface area (Å²) in [5.41, 5.74) is 2.60. The van der Waals surface area contributed by atoms with Crippen LogP contribution < -0.4 is 5.32 Å². The van der Waals surface area contributed by atoms with Gasteiger partial charge in [-0.2, -0.15) is 0 Å². The van der Waals surface area contributed by atoms with E-state index >= 15 is 0 Å². The van der Waals surface area contributed by atoms with Gasteiger partial charge in [-0.15, -0.1) is 0 Å². The summed E-state index contributed by atoms with van der Waals surface area (Å²) in [5.74, 6) is 1.58. The highest BCUT2D eigenvalue weighted by molar-refractivity contribution is 5.80. The Morgan fingerprint density at radius 3 is 2.86 bits per heavy atom. The molecule has 1 aliphatic rings. The molecule has 1 saturated heterocycles. The van der Waals surface area contributed by atoms with E-state index in [0.29, 0.717) is 25.7 Å². The quantitative estimate of drug-likeness (QED) is 0.358. The molecule has 158 valence electrons. The molecule has 6 heteroatoms. The number of hydrogen-bond donors (Lipinski definition) is 1. The van der Waals surface area contributed by atoms with E-state index in [1.807, 2.05) is 0 Å². The lowest BCUT2D eigenvalue weighted by Crippen LogP contribution is -2.40. The molecule has 1 fully saturated rings. The Kier molecular flexibility index (Phi) is 10.3. The third-order valence-electron chi connectivity index (χ3n) is 5.10. The smallest absolute Gasteiger partial charge is 0.194 e. The number of hydrogen-bond acceptors (Lipinski definition) is 4. The number of nitrogens with zero attached hydrogens (tertiary/aromatic N) is 3. The van der Waals surface area contributed by atoms with Gasteiger partial charge in [-0.1, -0.05) is 31.2 Å². The van der Waals surface area contributed by atoms with Crippen LogP contribution in [0.25, 0.3) is 0 Å². The van der Waals surface area contributed by atoms with E-state index in [9.17, 15) is 0 Å². The number of rotatable bonds is 11. The fourth-order valence-corrected chi connectivity index (χ4v) is 3.40. The lowest BCUT2D eigenvalue weighted by molar-refractivity contribution is 0.0536. The molecule has 1 aromatic carbocycles. The van der Waals surface area contributed by atoms with Gasteiger partial charge in [0, 0.05) is 39.2 Å². The Labute approximate surface area is 170 Å². The molecule has 0 radical (unpaired) electrons. The van der Waals surface area contributed by atoms with Crippen molar-refractivity contribution in [2.75, 3.05) is 60.2 Å². The number of aliphatic imine (C=N–C) groups is 1. The lowest BCUT2D eigenvalue weighted by atomic mass is 10.1. The van der Waals surface area contributed by atoms with Gasteiger partial charge in [0.15, 0.2) is 5.96 Å². The number of methoxy groups -OCH3 is 1. The Morgan fingerprint density at radius 1 is 1.29 bits per heavy atom. The Balaban J connectivity index is 1.91. The van der Waals surface area contributed by atoms with Crippen LogP contribution in [0.4, 0.5) is 0 Å². The summed E-state index contributed by atoms with van der Waals surface area (Å²) in [6.07, 6.45) is 1.15. The first-order valence-corrected chi connectivity index (χ1v) is 10.5. The fraction of sp³-hybridized carbons (Fsp3) is 0.682. The van der Waals surface area contributed by atoms with Gasteiger partial charge in [-0.05, 0) is 38.1 Å². The fourth-order valence-electron chi connectivity index (χ4n) is 3.40. The average molecular weight is 391 g/mol. The molecule has 1 aromatic rings. The zero-order valence-corrected chi connectivity index (χ0v) is 18.1. The highest BCUT2D eigenvalue weighted by Gasteiger charge is 2.24. The third kappa shape index (κ3) is 7.78. The molecule has 0 aliphatic carbocycles. The molecule has 2 rings (SSSR count). The summed E-state index contributed by atoms with van der Waals surface area (Å²) in [6, 6.07) is 8.77. The first kappa shape index (κ1) is 22.7. The number of guanidine groups is 1. The van der Waals surface area contributed by atoms with Crippen LogP contribution in [0.3, 0.4) is 0 Å². The second kappa shape index (κ2) is 12.8. The van der Waals surface area contributed by atoms with Gasteiger partial charge in [0.1, 0.15) is 0 Å². The van der Waals surface area contributed by atoms with Crippen LogP contribution in [0.15, 0.2) is 29.3 Å². The number of benzene rings is 1. The predicted molar refractivity (Wildman–Crippen MR) is 116 cm³/mol. The van der Waals surface area contributed by atoms with Crippen LogP contribution in [0.5, 0.6) is 0 Å². The summed E-state index contributed by atoms with van der Waals surface area (Å²) in [5, 5.41) is 3.45. The van der Waals surface area contributed by atoms with E-state index in [0.717, 1.165) is 51.7 Å². The van der Waals surface area contributed by atoms with E-state index in [2.05, 4.69) is 60.3 Å². The standard InChI is InChI=1S/C22H38N4O2/c1-5-23-22(26-11-10-21(17-26)18-28-13-12-27-4)24-15-19-8-7-9-20(14-19)16-25(3)6-2/h7-9,14,21H,5-6,10-13,15-18H2,1-4H3,(H,23,24). The number of ether oxygens (including phenoxy) is 2. The van der Waals surface area contributed by atoms with Gasteiger partial charge in [-0.25, -0.2) is 4.99 Å². The molecule has 0 amide bonds. The van der Waals surface area contributed by atoms with Crippen molar-refractivity contribution in [2.45, 2.75) is 33.4 Å². The summed E-state index contributed by atoms with van der Waals surface area (Å²) in [6.45, 7) is 12.1. The van der Waals surface area contributed by atoms with Crippen LogP contribution in [0, 0.1) is 5.92 Å². The second-order valence-electron chi connectivity index (χ2n) is 7.49. The maximum Gasteiger partial charge on any atom is 0.194 e. The van der Waals surface area contributed by atoms with E-state index < -0.39 is 0 Å². The van der Waals surface area contributed by atoms with Crippen molar-refractivity contribution in [1.82, 2.24) is 15.1 Å². The summed E-state index contributed by atoms with van der Waals surface area (Å²) in [7, 11) is 3.86. The van der Waals surface area contributed by atoms with Gasteiger partial charge in [0.25, 0.3) is 0 Å². The molecule has 0 aromatic heterocycles. The van der Waals surface area contributed by atoms with E-state index in [-0.39, 0.29) is 0 Å². The van der Waals surface area contributed by atoms with Crippen molar-refractivity contribution in [2.24, 2.45) is 10.9 Å². The van der Waals surface area contributed by atoms with Gasteiger partial charge in [-0.3, -0.25) is 0 Å². The average Bonchev–Trinajstić information content (AvgIpc) is 3.17. The largest absolute Gasteiger partial charge is 0.382 e. The highest BCUT2D eigenvalue weighted by atomic mass is 16.5. The topological polar surface area (TPSA) is 49.3 Å². The number of likely N-dealkylation sites (tertiary alicyclic amines) is 1. The molecule has 6 nitrogen and oxygen atoms in total. The molecule has 0 bridgehead atoms. The van der Waals surface area contributed by atoms with Crippen molar-refractivity contribution >= 4 is 5.96 Å². The second-order valence-corrected chi connectivity index (χ2v) is 7.49. The van der Waals surface area contributed by atoms with Crippen LogP contribution >= 0.6 is 0 Å². The van der Waals surface area contributed by atoms with Crippen LogP contribution in [-0.2, 0) is 22.6 Å². The SMILES string of the molecule is CCNC(=NCc1cccc(CN(C)CC)c1)N1CCC(COCCOC)C1. The van der Waals surface area contributed by atoms with Crippen molar-refractivity contribution in [3.05, 3.63) is 35.4 Å². The van der Waals surface area contributed by atoms with Crippen LogP contribution in [0.2, 0.25) is 0 Å². The molecular weight excluding hydrogens is 352 g/mol. The third-order valence-corrected chi connectivity index (χ3v) is 5.10. The maximum absolute atomic E-state index is 5.71. The molecule has 1 atom stereocenters. The summed E-state index contributed by atoms with van der Waals surface area (Å²) < 4.78 is 10.8. The lowest BCUT2D eigenvalue weighted by Gasteiger charge is -2.22. The zero-order valence-electron chi connectivity index (χ0n) is 18.1. The first-order chi connectivity index (χ1) is 13.7. The normalized spacial score (nSPS) is 17.5. The van der Waals surface area contributed by atoms with Crippen molar-refractivity contribution in [3.63, 3.8) is 0 Å². The molecular formula is C22H38N4O2. The number of nitrogens with one attached hydrogen (secondary N) is 1. The predicted octanol–water partition coefficient (Wildman–Crippen LogP) is 2.59. The van der Waals surface area contributed by atoms with Crippen LogP contribution in [-0.4, -0.2) is 75.9 Å². The summed E-state index contributed by atoms with van der Waals surface area (Å²) in [4.78, 5) is 9.58. The Bertz CT molecular complexity index is 594. The van der Waals surface area contributed by atoms with Crippen molar-refractivity contribution in [1.29, 1.82) is 0 Å². The minimum atomic E-state index is 0.564. The van der Waals surface area contributed by atoms with E-state index in [1.54, 1.807) is 7.11 Å². The zero-order chi connectivity index (χ0) is 20.2. The minimum Gasteiger partial charge on any atom is -0.382 e. The first-order valence-electron chi connectivity index (χ1n) is 10.5. The highest BCUT2D eigenvalue weighted by Crippen LogP contribution is 2.17. The minimum absolute atomic E-state index is 0.564. The summed E-state index contributed by atoms with van der Waals surface area (Å²) >= 11 is 0. The molecule has 1 aliphatic heterocycles. The van der Waals surface area contributed by atoms with E-state index in [4.69, 9.17) is 14.5 Å². The van der Waals surface area contributed by atoms with Gasteiger partial charge >= 0.3 is 0 Å². The molecule has 1 unspecified atom stereocenters. The Morgan fingerprint density at radius 2 is 2.11 bits per heavy atom. The van der Waals surface area contributed by atoms with Crippen molar-refractivity contribution < 1.29 is 9.47 Å². The monoisotopic (exact) mass is 390 g/mol. The molecule has 1 heterocycles. The molecule has 0 saturated carbocycles. The Hall–Kier alpha value is -1.63. The maximum atomic E-state index is 5.71. The van der Waals surface area contributed by atoms with Crippen molar-refractivity contribution in [3.8, 4) is 0 Å². The molecule has 1 N–H and O–H groups in total. The van der Waals surface area contributed by atoms with Gasteiger partial charge in [0.2, 0.25) is 0 Å². The van der Waals surface area contributed by atoms with Crippen LogP contribution in [0.1, 0.15) is 31.4 Å². The van der Waals surface area contributed by atoms with Gasteiger partial charge in [0.05, 0.1) is 26.4 Å². The molecule has 0 spiro atoms. The van der Waals surface area contributed by atoms with Gasteiger partial charge < -0.3 is 24.6 Å². The van der Waals surface area contributed by atoms with E-state index in [1.165, 1.54) is 11.1 Å². The molecule has 28 heavy (non-hydrogen) atoms.